The van der Waals surface area contributed by atoms with E-state index in [1.807, 2.05) is 37.4 Å². The normalized spacial score (nSPS) is 14.8. The van der Waals surface area contributed by atoms with Crippen LogP contribution in [0.2, 0.25) is 0 Å². The van der Waals surface area contributed by atoms with E-state index in [0.29, 0.717) is 21.8 Å². The minimum absolute atomic E-state index is 0.111. The third-order valence-electron chi connectivity index (χ3n) is 4.66. The molecule has 1 saturated heterocycles. The molecule has 1 N–H and O–H groups in total. The number of piperidine rings is 1. The second-order valence-corrected chi connectivity index (χ2v) is 7.47. The fourth-order valence-corrected chi connectivity index (χ4v) is 3.67. The van der Waals surface area contributed by atoms with Crippen LogP contribution in [0.1, 0.15) is 23.3 Å². The number of hydrogen-bond acceptors (Lipinski definition) is 8. The third kappa shape index (κ3) is 4.20. The van der Waals surface area contributed by atoms with Crippen LogP contribution in [0.3, 0.4) is 0 Å². The Labute approximate surface area is 166 Å². The molecule has 3 heterocycles. The number of benzene rings is 1. The number of amides is 1. The number of nitrogens with one attached hydrogen (secondary N) is 1. The van der Waals surface area contributed by atoms with Crippen LogP contribution >= 0.6 is 11.8 Å². The van der Waals surface area contributed by atoms with Crippen molar-refractivity contribution >= 4 is 17.7 Å². The van der Waals surface area contributed by atoms with E-state index < -0.39 is 0 Å². The molecule has 8 nitrogen and oxygen atoms in total. The summed E-state index contributed by atoms with van der Waals surface area (Å²) in [5, 5.41) is 20.6. The molecule has 1 aliphatic heterocycles. The highest BCUT2D eigenvalue weighted by Gasteiger charge is 2.24. The molecule has 0 bridgehead atoms. The van der Waals surface area contributed by atoms with Gasteiger partial charge in [-0.2, -0.15) is 0 Å². The summed E-state index contributed by atoms with van der Waals surface area (Å²) in [5.41, 5.74) is 1.19. The average molecular weight is 396 g/mol. The van der Waals surface area contributed by atoms with E-state index in [-0.39, 0.29) is 11.9 Å². The fourth-order valence-electron chi connectivity index (χ4n) is 3.07. The van der Waals surface area contributed by atoms with Gasteiger partial charge in [-0.3, -0.25) is 4.79 Å². The van der Waals surface area contributed by atoms with E-state index in [4.69, 9.17) is 4.42 Å². The smallest absolute Gasteiger partial charge is 0.283 e. The van der Waals surface area contributed by atoms with Gasteiger partial charge in [0.15, 0.2) is 5.69 Å². The molecule has 0 saturated carbocycles. The fraction of sp³-hybridized carbons (Fsp3) is 0.316. The molecule has 1 amide bonds. The largest absolute Gasteiger partial charge is 0.411 e. The Kier molecular flexibility index (Phi) is 5.63. The van der Waals surface area contributed by atoms with Gasteiger partial charge >= 0.3 is 0 Å². The lowest BCUT2D eigenvalue weighted by Gasteiger charge is -2.31. The van der Waals surface area contributed by atoms with Gasteiger partial charge in [0.1, 0.15) is 5.03 Å². The number of carbonyl (C=O) groups is 1. The van der Waals surface area contributed by atoms with Crippen LogP contribution in [-0.2, 0) is 0 Å². The first-order valence-corrected chi connectivity index (χ1v) is 9.91. The summed E-state index contributed by atoms with van der Waals surface area (Å²) >= 11 is 1.21. The van der Waals surface area contributed by atoms with Crippen LogP contribution in [0.15, 0.2) is 57.1 Å². The molecule has 9 heteroatoms. The first-order valence-electron chi connectivity index (χ1n) is 9.09. The maximum absolute atomic E-state index is 12.6. The SMILES string of the molecule is CN(C(=O)c1ccc(Sc2nnc(-c3ccccc3)o2)nn1)C1CCNCC1. The first-order chi connectivity index (χ1) is 13.7. The monoisotopic (exact) mass is 396 g/mol. The van der Waals surface area contributed by atoms with Crippen molar-refractivity contribution in [2.24, 2.45) is 0 Å². The minimum atomic E-state index is -0.111. The summed E-state index contributed by atoms with van der Waals surface area (Å²) in [4.78, 5) is 14.4. The second kappa shape index (κ2) is 8.49. The zero-order valence-corrected chi connectivity index (χ0v) is 16.2. The van der Waals surface area contributed by atoms with Crippen molar-refractivity contribution in [1.29, 1.82) is 0 Å². The molecule has 1 aliphatic rings. The Morgan fingerprint density at radius 3 is 2.57 bits per heavy atom. The van der Waals surface area contributed by atoms with Crippen molar-refractivity contribution < 1.29 is 9.21 Å². The molecule has 144 valence electrons. The maximum atomic E-state index is 12.6. The number of nitrogens with zero attached hydrogens (tertiary/aromatic N) is 5. The second-order valence-electron chi connectivity index (χ2n) is 6.50. The van der Waals surface area contributed by atoms with E-state index in [0.717, 1.165) is 31.5 Å². The molecule has 3 aromatic rings. The molecule has 1 fully saturated rings. The summed E-state index contributed by atoms with van der Waals surface area (Å²) in [7, 11) is 1.83. The standard InChI is InChI=1S/C19H20N6O2S/c1-25(14-9-11-20-12-10-14)18(26)15-7-8-16(22-21-15)28-19-24-23-17(27-19)13-5-3-2-4-6-13/h2-8,14,20H,9-12H2,1H3. The molecular formula is C19H20N6O2S. The Balaban J connectivity index is 1.41. The lowest BCUT2D eigenvalue weighted by Crippen LogP contribution is -2.44. The zero-order valence-electron chi connectivity index (χ0n) is 15.4. The molecule has 0 unspecified atom stereocenters. The van der Waals surface area contributed by atoms with Crippen molar-refractivity contribution in [3.05, 3.63) is 48.2 Å². The number of aromatic nitrogens is 4. The summed E-state index contributed by atoms with van der Waals surface area (Å²) in [5.74, 6) is 0.339. The highest BCUT2D eigenvalue weighted by atomic mass is 32.2. The van der Waals surface area contributed by atoms with Gasteiger partial charge in [-0.25, -0.2) is 0 Å². The van der Waals surface area contributed by atoms with E-state index in [9.17, 15) is 4.79 Å². The molecular weight excluding hydrogens is 376 g/mol. The molecule has 1 aromatic carbocycles. The van der Waals surface area contributed by atoms with Crippen LogP contribution in [-0.4, -0.2) is 57.4 Å². The minimum Gasteiger partial charge on any atom is -0.411 e. The van der Waals surface area contributed by atoms with Crippen molar-refractivity contribution in [2.75, 3.05) is 20.1 Å². The van der Waals surface area contributed by atoms with Gasteiger partial charge in [0.25, 0.3) is 11.1 Å². The highest BCUT2D eigenvalue weighted by molar-refractivity contribution is 7.99. The van der Waals surface area contributed by atoms with Gasteiger partial charge in [0.05, 0.1) is 0 Å². The van der Waals surface area contributed by atoms with E-state index in [1.165, 1.54) is 11.8 Å². The van der Waals surface area contributed by atoms with Crippen LogP contribution in [0.4, 0.5) is 0 Å². The highest BCUT2D eigenvalue weighted by Crippen LogP contribution is 2.27. The first kappa shape index (κ1) is 18.6. The summed E-state index contributed by atoms with van der Waals surface area (Å²) in [6, 6.07) is 13.2. The Hall–Kier alpha value is -2.78. The van der Waals surface area contributed by atoms with Gasteiger partial charge in [0, 0.05) is 18.7 Å². The van der Waals surface area contributed by atoms with E-state index in [1.54, 1.807) is 17.0 Å². The van der Waals surface area contributed by atoms with Crippen molar-refractivity contribution in [3.8, 4) is 11.5 Å². The summed E-state index contributed by atoms with van der Waals surface area (Å²) in [6.45, 7) is 1.86. The van der Waals surface area contributed by atoms with Crippen LogP contribution in [0.25, 0.3) is 11.5 Å². The maximum Gasteiger partial charge on any atom is 0.283 e. The van der Waals surface area contributed by atoms with Gasteiger partial charge in [-0.05, 0) is 62.0 Å². The molecule has 0 radical (unpaired) electrons. The van der Waals surface area contributed by atoms with Crippen molar-refractivity contribution in [3.63, 3.8) is 0 Å². The summed E-state index contributed by atoms with van der Waals surface area (Å²) < 4.78 is 5.66. The third-order valence-corrected chi connectivity index (χ3v) is 5.42. The lowest BCUT2D eigenvalue weighted by molar-refractivity contribution is 0.0695. The number of carbonyl (C=O) groups excluding carboxylic acids is 1. The molecule has 0 atom stereocenters. The van der Waals surface area contributed by atoms with Gasteiger partial charge < -0.3 is 14.6 Å². The number of rotatable bonds is 5. The molecule has 4 rings (SSSR count). The Morgan fingerprint density at radius 2 is 1.86 bits per heavy atom. The van der Waals surface area contributed by atoms with E-state index >= 15 is 0 Å². The van der Waals surface area contributed by atoms with Gasteiger partial charge in [0.2, 0.25) is 5.89 Å². The lowest BCUT2D eigenvalue weighted by atomic mass is 10.1. The van der Waals surface area contributed by atoms with Crippen LogP contribution < -0.4 is 5.32 Å². The molecule has 28 heavy (non-hydrogen) atoms. The summed E-state index contributed by atoms with van der Waals surface area (Å²) in [6.07, 6.45) is 1.90. The van der Waals surface area contributed by atoms with E-state index in [2.05, 4.69) is 25.7 Å². The topological polar surface area (TPSA) is 97.0 Å². The quantitative estimate of drug-likeness (QED) is 0.703. The van der Waals surface area contributed by atoms with Crippen molar-refractivity contribution in [2.45, 2.75) is 29.1 Å². The average Bonchev–Trinajstić information content (AvgIpc) is 3.23. The zero-order chi connectivity index (χ0) is 19.3. The Bertz CT molecular complexity index is 925. The molecule has 0 spiro atoms. The number of hydrogen-bond donors (Lipinski definition) is 1. The van der Waals surface area contributed by atoms with Gasteiger partial charge in [-0.1, -0.05) is 18.2 Å². The van der Waals surface area contributed by atoms with Gasteiger partial charge in [-0.15, -0.1) is 20.4 Å². The van der Waals surface area contributed by atoms with Crippen LogP contribution in [0.5, 0.6) is 0 Å². The Morgan fingerprint density at radius 1 is 1.07 bits per heavy atom. The van der Waals surface area contributed by atoms with Crippen LogP contribution in [0, 0.1) is 0 Å². The predicted octanol–water partition coefficient (Wildman–Crippen LogP) is 2.50. The molecule has 2 aromatic heterocycles. The van der Waals surface area contributed by atoms with Crippen molar-refractivity contribution in [1.82, 2.24) is 30.6 Å². The predicted molar refractivity (Wildman–Crippen MR) is 104 cm³/mol. The molecule has 0 aliphatic carbocycles.